The summed E-state index contributed by atoms with van der Waals surface area (Å²) in [6, 6.07) is 0. The molecule has 2 aliphatic rings. The van der Waals surface area contributed by atoms with E-state index in [1.54, 1.807) is 0 Å². The summed E-state index contributed by atoms with van der Waals surface area (Å²) in [6.45, 7) is 6.27. The third kappa shape index (κ3) is 3.87. The molecule has 124 valence electrons. The molecule has 0 saturated carbocycles. The monoisotopic (exact) mass is 308 g/mol. The van der Waals surface area contributed by atoms with Crippen molar-refractivity contribution in [3.63, 3.8) is 0 Å². The van der Waals surface area contributed by atoms with Crippen molar-refractivity contribution in [2.45, 2.75) is 18.6 Å². The average Bonchev–Trinajstić information content (AvgIpc) is 2.95. The van der Waals surface area contributed by atoms with E-state index in [-0.39, 0.29) is 5.60 Å². The number of aryl methyl sites for hydroxylation is 1. The predicted molar refractivity (Wildman–Crippen MR) is 84.6 cm³/mol. The number of hydrogen-bond acceptors (Lipinski definition) is 5. The van der Waals surface area contributed by atoms with Crippen LogP contribution in [-0.2, 0) is 23.1 Å². The molecule has 2 aliphatic heterocycles. The van der Waals surface area contributed by atoms with Gasteiger partial charge in [0.25, 0.3) is 0 Å². The third-order valence-corrected chi connectivity index (χ3v) is 4.50. The Kier molecular flexibility index (Phi) is 4.82. The molecule has 0 aliphatic carbocycles. The molecule has 0 bridgehead atoms. The van der Waals surface area contributed by atoms with Crippen LogP contribution in [-0.4, -0.2) is 78.7 Å². The second kappa shape index (κ2) is 6.66. The minimum atomic E-state index is -0.126. The van der Waals surface area contributed by atoms with Crippen LogP contribution in [0.1, 0.15) is 12.0 Å². The molecule has 1 spiro atoms. The van der Waals surface area contributed by atoms with Gasteiger partial charge in [-0.05, 0) is 26.4 Å². The van der Waals surface area contributed by atoms with E-state index >= 15 is 0 Å². The normalized spacial score (nSPS) is 30.3. The molecule has 1 aromatic rings. The summed E-state index contributed by atoms with van der Waals surface area (Å²) < 4.78 is 14.0. The van der Waals surface area contributed by atoms with Gasteiger partial charge in [-0.2, -0.15) is 5.10 Å². The highest BCUT2D eigenvalue weighted by Crippen LogP contribution is 2.33. The molecule has 0 aromatic carbocycles. The Morgan fingerprint density at radius 2 is 2.32 bits per heavy atom. The second-order valence-electron chi connectivity index (χ2n) is 7.11. The average molecular weight is 308 g/mol. The molecule has 0 unspecified atom stereocenters. The van der Waals surface area contributed by atoms with E-state index in [2.05, 4.69) is 35.2 Å². The predicted octanol–water partition coefficient (Wildman–Crippen LogP) is 0.589. The smallest absolute Gasteiger partial charge is 0.104 e. The van der Waals surface area contributed by atoms with Gasteiger partial charge in [-0.1, -0.05) is 0 Å². The summed E-state index contributed by atoms with van der Waals surface area (Å²) in [6.07, 6.45) is 5.13. The number of ether oxygens (including phenoxy) is 2. The summed E-state index contributed by atoms with van der Waals surface area (Å²) in [4.78, 5) is 4.69. The van der Waals surface area contributed by atoms with Crippen molar-refractivity contribution in [1.29, 1.82) is 0 Å². The summed E-state index contributed by atoms with van der Waals surface area (Å²) in [7, 11) is 6.22. The number of rotatable bonds is 4. The van der Waals surface area contributed by atoms with Gasteiger partial charge in [0.15, 0.2) is 0 Å². The standard InChI is InChI=1S/C16H28N4O2/c1-18(2)8-14-6-16(22-11-14)12-20(4-5-21-13-16)10-15-7-17-19(3)9-15/h7,9,14H,4-6,8,10-13H2,1-3H3/t14-,16-/m1/s1. The van der Waals surface area contributed by atoms with Crippen molar-refractivity contribution in [3.8, 4) is 0 Å². The highest BCUT2D eigenvalue weighted by atomic mass is 16.5. The fourth-order valence-electron chi connectivity index (χ4n) is 3.71. The minimum absolute atomic E-state index is 0.126. The molecular weight excluding hydrogens is 280 g/mol. The Labute approximate surface area is 133 Å². The Morgan fingerprint density at radius 3 is 3.05 bits per heavy atom. The van der Waals surface area contributed by atoms with Crippen molar-refractivity contribution in [3.05, 3.63) is 18.0 Å². The molecular formula is C16H28N4O2. The van der Waals surface area contributed by atoms with Gasteiger partial charge >= 0.3 is 0 Å². The summed E-state index contributed by atoms with van der Waals surface area (Å²) in [5.74, 6) is 0.608. The van der Waals surface area contributed by atoms with Crippen molar-refractivity contribution >= 4 is 0 Å². The lowest BCUT2D eigenvalue weighted by Crippen LogP contribution is -2.44. The van der Waals surface area contributed by atoms with Crippen LogP contribution in [0.4, 0.5) is 0 Å². The van der Waals surface area contributed by atoms with Crippen LogP contribution < -0.4 is 0 Å². The van der Waals surface area contributed by atoms with Crippen LogP contribution in [0.15, 0.2) is 12.4 Å². The molecule has 6 nitrogen and oxygen atoms in total. The fourth-order valence-corrected chi connectivity index (χ4v) is 3.71. The zero-order valence-electron chi connectivity index (χ0n) is 14.0. The largest absolute Gasteiger partial charge is 0.377 e. The lowest BCUT2D eigenvalue weighted by Gasteiger charge is -2.31. The van der Waals surface area contributed by atoms with Gasteiger partial charge in [0.1, 0.15) is 5.60 Å². The van der Waals surface area contributed by atoms with Crippen molar-refractivity contribution in [2.75, 3.05) is 53.6 Å². The molecule has 1 aromatic heterocycles. The molecule has 0 N–H and O–H groups in total. The van der Waals surface area contributed by atoms with Gasteiger partial charge in [0, 0.05) is 45.0 Å². The van der Waals surface area contributed by atoms with Crippen LogP contribution in [0, 0.1) is 5.92 Å². The van der Waals surface area contributed by atoms with Gasteiger partial charge in [0.05, 0.1) is 26.0 Å². The van der Waals surface area contributed by atoms with Crippen LogP contribution in [0.2, 0.25) is 0 Å². The van der Waals surface area contributed by atoms with E-state index < -0.39 is 0 Å². The molecule has 3 rings (SSSR count). The van der Waals surface area contributed by atoms with E-state index in [1.165, 1.54) is 5.56 Å². The molecule has 22 heavy (non-hydrogen) atoms. The van der Waals surface area contributed by atoms with Crippen LogP contribution in [0.25, 0.3) is 0 Å². The van der Waals surface area contributed by atoms with Crippen LogP contribution in [0.5, 0.6) is 0 Å². The Balaban J connectivity index is 1.62. The fraction of sp³-hybridized carbons (Fsp3) is 0.812. The number of hydrogen-bond donors (Lipinski definition) is 0. The first kappa shape index (κ1) is 15.9. The number of nitrogens with zero attached hydrogens (tertiary/aromatic N) is 4. The molecule has 2 fully saturated rings. The lowest BCUT2D eigenvalue weighted by atomic mass is 9.94. The van der Waals surface area contributed by atoms with E-state index in [4.69, 9.17) is 9.47 Å². The third-order valence-electron chi connectivity index (χ3n) is 4.50. The first-order valence-corrected chi connectivity index (χ1v) is 8.11. The van der Waals surface area contributed by atoms with Crippen LogP contribution >= 0.6 is 0 Å². The van der Waals surface area contributed by atoms with Gasteiger partial charge in [-0.25, -0.2) is 0 Å². The topological polar surface area (TPSA) is 42.8 Å². The quantitative estimate of drug-likeness (QED) is 0.814. The summed E-state index contributed by atoms with van der Waals surface area (Å²) in [5, 5.41) is 4.26. The summed E-state index contributed by atoms with van der Waals surface area (Å²) >= 11 is 0. The van der Waals surface area contributed by atoms with Gasteiger partial charge in [-0.3, -0.25) is 9.58 Å². The van der Waals surface area contributed by atoms with Crippen molar-refractivity contribution in [2.24, 2.45) is 13.0 Å². The Hall–Kier alpha value is -0.950. The van der Waals surface area contributed by atoms with E-state index in [9.17, 15) is 0 Å². The zero-order valence-corrected chi connectivity index (χ0v) is 14.0. The SMILES string of the molecule is CN(C)C[C@@H]1CO[C@]2(COCCN(Cc3cnn(C)c3)C2)C1. The molecule has 6 heteroatoms. The zero-order chi connectivity index (χ0) is 15.6. The first-order chi connectivity index (χ1) is 10.5. The molecule has 3 heterocycles. The molecule has 0 radical (unpaired) electrons. The van der Waals surface area contributed by atoms with Crippen molar-refractivity contribution in [1.82, 2.24) is 19.6 Å². The highest BCUT2D eigenvalue weighted by Gasteiger charge is 2.43. The Bertz CT molecular complexity index is 490. The van der Waals surface area contributed by atoms with Gasteiger partial charge in [0.2, 0.25) is 0 Å². The molecule has 0 amide bonds. The number of aromatic nitrogens is 2. The second-order valence-corrected chi connectivity index (χ2v) is 7.11. The van der Waals surface area contributed by atoms with Gasteiger partial charge in [-0.15, -0.1) is 0 Å². The van der Waals surface area contributed by atoms with Crippen LogP contribution in [0.3, 0.4) is 0 Å². The first-order valence-electron chi connectivity index (χ1n) is 8.11. The van der Waals surface area contributed by atoms with E-state index in [1.807, 2.05) is 17.9 Å². The Morgan fingerprint density at radius 1 is 1.45 bits per heavy atom. The summed E-state index contributed by atoms with van der Waals surface area (Å²) in [5.41, 5.74) is 1.13. The maximum Gasteiger partial charge on any atom is 0.104 e. The molecule has 2 atom stereocenters. The van der Waals surface area contributed by atoms with Gasteiger partial charge < -0.3 is 14.4 Å². The lowest BCUT2D eigenvalue weighted by molar-refractivity contribution is -0.0563. The molecule has 2 saturated heterocycles. The maximum atomic E-state index is 6.23. The van der Waals surface area contributed by atoms with E-state index in [0.717, 1.165) is 52.4 Å². The minimum Gasteiger partial charge on any atom is -0.377 e. The van der Waals surface area contributed by atoms with Crippen molar-refractivity contribution < 1.29 is 9.47 Å². The highest BCUT2D eigenvalue weighted by molar-refractivity contribution is 5.04. The maximum absolute atomic E-state index is 6.23. The van der Waals surface area contributed by atoms with E-state index in [0.29, 0.717) is 5.92 Å².